The summed E-state index contributed by atoms with van der Waals surface area (Å²) in [6.07, 6.45) is 1.52. The van der Waals surface area contributed by atoms with Crippen LogP contribution in [0, 0.1) is 0 Å². The predicted molar refractivity (Wildman–Crippen MR) is 58.2 cm³/mol. The van der Waals surface area contributed by atoms with Crippen LogP contribution < -0.4 is 4.72 Å². The Labute approximate surface area is 90.5 Å². The lowest BCUT2D eigenvalue weighted by Crippen LogP contribution is -2.23. The van der Waals surface area contributed by atoms with E-state index < -0.39 is 10.0 Å². The number of hydrogen-bond donors (Lipinski definition) is 1. The molecule has 0 amide bonds. The van der Waals surface area contributed by atoms with Gasteiger partial charge in [-0.3, -0.25) is 4.68 Å². The third-order valence-corrected chi connectivity index (χ3v) is 3.48. The number of hydrogen-bond acceptors (Lipinski definition) is 3. The fraction of sp³-hybridized carbons (Fsp3) is 0.667. The van der Waals surface area contributed by atoms with E-state index in [0.717, 1.165) is 0 Å². The first-order chi connectivity index (χ1) is 6.68. The molecule has 0 fully saturated rings. The number of nitrogens with zero attached hydrogens (tertiary/aromatic N) is 2. The van der Waals surface area contributed by atoms with Gasteiger partial charge in [0.1, 0.15) is 4.90 Å². The lowest BCUT2D eigenvalue weighted by molar-refractivity contribution is 0.536. The van der Waals surface area contributed by atoms with Gasteiger partial charge >= 0.3 is 0 Å². The summed E-state index contributed by atoms with van der Waals surface area (Å²) in [6.45, 7) is 5.80. The standard InChI is InChI=1S/C9H17N3O2S/c1-9(2,3)8-7(6-12(5)11-8)15(13,14)10-4/h6,10H,1-5H3. The number of aromatic nitrogens is 2. The van der Waals surface area contributed by atoms with Crippen LogP contribution in [0.1, 0.15) is 26.5 Å². The van der Waals surface area contributed by atoms with Crippen LogP contribution in [0.5, 0.6) is 0 Å². The molecular weight excluding hydrogens is 214 g/mol. The summed E-state index contributed by atoms with van der Waals surface area (Å²) in [5, 5.41) is 4.19. The average Bonchev–Trinajstić information content (AvgIpc) is 2.47. The molecule has 1 aromatic heterocycles. The molecule has 1 N–H and O–H groups in total. The van der Waals surface area contributed by atoms with Crippen molar-refractivity contribution in [3.63, 3.8) is 0 Å². The van der Waals surface area contributed by atoms with Crippen LogP contribution in [0.4, 0.5) is 0 Å². The van der Waals surface area contributed by atoms with Crippen molar-refractivity contribution in [1.82, 2.24) is 14.5 Å². The molecule has 0 saturated carbocycles. The highest BCUT2D eigenvalue weighted by Crippen LogP contribution is 2.26. The quantitative estimate of drug-likeness (QED) is 0.811. The molecule has 1 rings (SSSR count). The topological polar surface area (TPSA) is 64.0 Å². The van der Waals surface area contributed by atoms with E-state index >= 15 is 0 Å². The molecule has 1 aromatic rings. The summed E-state index contributed by atoms with van der Waals surface area (Å²) in [7, 11) is -0.315. The zero-order valence-electron chi connectivity index (χ0n) is 9.70. The molecule has 0 aliphatic heterocycles. The minimum absolute atomic E-state index is 0.250. The van der Waals surface area contributed by atoms with Gasteiger partial charge in [-0.1, -0.05) is 20.8 Å². The van der Waals surface area contributed by atoms with E-state index in [1.807, 2.05) is 20.8 Å². The minimum atomic E-state index is -3.42. The molecule has 1 heterocycles. The van der Waals surface area contributed by atoms with Crippen LogP contribution in [0.2, 0.25) is 0 Å². The lowest BCUT2D eigenvalue weighted by Gasteiger charge is -2.16. The number of sulfonamides is 1. The lowest BCUT2D eigenvalue weighted by atomic mass is 9.92. The maximum absolute atomic E-state index is 11.7. The van der Waals surface area contributed by atoms with E-state index in [1.165, 1.54) is 17.9 Å². The predicted octanol–water partition coefficient (Wildman–Crippen LogP) is 0.626. The summed E-state index contributed by atoms with van der Waals surface area (Å²) in [5.41, 5.74) is 0.292. The van der Waals surface area contributed by atoms with Gasteiger partial charge in [-0.25, -0.2) is 13.1 Å². The fourth-order valence-corrected chi connectivity index (χ4v) is 2.41. The van der Waals surface area contributed by atoms with Gasteiger partial charge in [0.05, 0.1) is 5.69 Å². The van der Waals surface area contributed by atoms with Gasteiger partial charge < -0.3 is 0 Å². The Morgan fingerprint density at radius 2 is 1.93 bits per heavy atom. The van der Waals surface area contributed by atoms with E-state index in [-0.39, 0.29) is 10.3 Å². The minimum Gasteiger partial charge on any atom is -0.274 e. The molecule has 0 saturated heterocycles. The molecule has 5 nitrogen and oxygen atoms in total. The summed E-state index contributed by atoms with van der Waals surface area (Å²) in [6, 6.07) is 0. The normalized spacial score (nSPS) is 13.1. The van der Waals surface area contributed by atoms with Gasteiger partial charge in [-0.15, -0.1) is 0 Å². The molecule has 0 aliphatic rings. The van der Waals surface area contributed by atoms with Crippen molar-refractivity contribution in [2.24, 2.45) is 7.05 Å². The Morgan fingerprint density at radius 1 is 1.40 bits per heavy atom. The van der Waals surface area contributed by atoms with Crippen molar-refractivity contribution < 1.29 is 8.42 Å². The van der Waals surface area contributed by atoms with Crippen LogP contribution in [-0.4, -0.2) is 25.2 Å². The Balaban J connectivity index is 3.44. The highest BCUT2D eigenvalue weighted by molar-refractivity contribution is 7.89. The van der Waals surface area contributed by atoms with Crippen molar-refractivity contribution in [2.45, 2.75) is 31.1 Å². The van der Waals surface area contributed by atoms with Crippen molar-refractivity contribution >= 4 is 10.0 Å². The molecule has 0 spiro atoms. The van der Waals surface area contributed by atoms with E-state index in [9.17, 15) is 8.42 Å². The van der Waals surface area contributed by atoms with E-state index in [0.29, 0.717) is 5.69 Å². The first-order valence-electron chi connectivity index (χ1n) is 4.66. The molecule has 15 heavy (non-hydrogen) atoms. The molecule has 0 atom stereocenters. The highest BCUT2D eigenvalue weighted by atomic mass is 32.2. The van der Waals surface area contributed by atoms with Crippen LogP contribution in [0.25, 0.3) is 0 Å². The molecular formula is C9H17N3O2S. The number of rotatable bonds is 2. The fourth-order valence-electron chi connectivity index (χ4n) is 1.29. The third kappa shape index (κ3) is 2.38. The second kappa shape index (κ2) is 3.61. The largest absolute Gasteiger partial charge is 0.274 e. The zero-order chi connectivity index (χ0) is 11.9. The summed E-state index contributed by atoms with van der Waals surface area (Å²) in [5.74, 6) is 0. The maximum Gasteiger partial charge on any atom is 0.243 e. The second-order valence-electron chi connectivity index (χ2n) is 4.47. The third-order valence-electron chi connectivity index (χ3n) is 2.06. The van der Waals surface area contributed by atoms with Crippen LogP contribution in [0.3, 0.4) is 0 Å². The SMILES string of the molecule is CNS(=O)(=O)c1cn(C)nc1C(C)(C)C. The first kappa shape index (κ1) is 12.2. The molecule has 0 aromatic carbocycles. The molecule has 0 radical (unpaired) electrons. The van der Waals surface area contributed by atoms with Crippen molar-refractivity contribution in [2.75, 3.05) is 7.05 Å². The Hall–Kier alpha value is -0.880. The first-order valence-corrected chi connectivity index (χ1v) is 6.14. The van der Waals surface area contributed by atoms with Gasteiger partial charge in [0.25, 0.3) is 0 Å². The van der Waals surface area contributed by atoms with Gasteiger partial charge in [0.15, 0.2) is 0 Å². The van der Waals surface area contributed by atoms with E-state index in [2.05, 4.69) is 9.82 Å². The van der Waals surface area contributed by atoms with Crippen LogP contribution in [-0.2, 0) is 22.5 Å². The monoisotopic (exact) mass is 231 g/mol. The van der Waals surface area contributed by atoms with Gasteiger partial charge in [0, 0.05) is 18.7 Å². The van der Waals surface area contributed by atoms with Crippen LogP contribution in [0.15, 0.2) is 11.1 Å². The summed E-state index contributed by atoms with van der Waals surface area (Å²) < 4.78 is 27.3. The van der Waals surface area contributed by atoms with Gasteiger partial charge in [0.2, 0.25) is 10.0 Å². The van der Waals surface area contributed by atoms with Crippen molar-refractivity contribution in [3.05, 3.63) is 11.9 Å². The summed E-state index contributed by atoms with van der Waals surface area (Å²) >= 11 is 0. The smallest absolute Gasteiger partial charge is 0.243 e. The maximum atomic E-state index is 11.7. The van der Waals surface area contributed by atoms with E-state index in [1.54, 1.807) is 7.05 Å². The Bertz CT molecular complexity index is 454. The molecule has 0 bridgehead atoms. The van der Waals surface area contributed by atoms with Gasteiger partial charge in [-0.05, 0) is 7.05 Å². The highest BCUT2D eigenvalue weighted by Gasteiger charge is 2.28. The van der Waals surface area contributed by atoms with Gasteiger partial charge in [-0.2, -0.15) is 5.10 Å². The Morgan fingerprint density at radius 3 is 2.33 bits per heavy atom. The van der Waals surface area contributed by atoms with Crippen molar-refractivity contribution in [3.8, 4) is 0 Å². The average molecular weight is 231 g/mol. The zero-order valence-corrected chi connectivity index (χ0v) is 10.5. The number of aryl methyl sites for hydroxylation is 1. The molecule has 0 aliphatic carbocycles. The number of nitrogens with one attached hydrogen (secondary N) is 1. The molecule has 0 unspecified atom stereocenters. The molecule has 86 valence electrons. The Kier molecular flexibility index (Phi) is 2.93. The van der Waals surface area contributed by atoms with Crippen LogP contribution >= 0.6 is 0 Å². The summed E-state index contributed by atoms with van der Waals surface area (Å²) in [4.78, 5) is 0.250. The van der Waals surface area contributed by atoms with E-state index in [4.69, 9.17) is 0 Å². The van der Waals surface area contributed by atoms with Crippen molar-refractivity contribution in [1.29, 1.82) is 0 Å². The molecule has 6 heteroatoms. The second-order valence-corrected chi connectivity index (χ2v) is 6.33.